The maximum Gasteiger partial charge on any atom is 0.263 e. The highest BCUT2D eigenvalue weighted by molar-refractivity contribution is 5.78. The molecule has 7 heteroatoms. The SMILES string of the molecule is Cc1oc(-c2ccco2)nc1COc1ccc(O[C@@H](C)C(N)=O)cc1. The lowest BCUT2D eigenvalue weighted by molar-refractivity contribution is -0.123. The van der Waals surface area contributed by atoms with Gasteiger partial charge in [-0.15, -0.1) is 0 Å². The second-order valence-electron chi connectivity index (χ2n) is 5.42. The highest BCUT2D eigenvalue weighted by Gasteiger charge is 2.14. The predicted molar refractivity (Wildman–Crippen MR) is 89.0 cm³/mol. The molecule has 2 aromatic heterocycles. The van der Waals surface area contributed by atoms with Gasteiger partial charge in [0.2, 0.25) is 0 Å². The zero-order valence-electron chi connectivity index (χ0n) is 13.9. The number of nitrogens with zero attached hydrogens (tertiary/aromatic N) is 1. The first-order chi connectivity index (χ1) is 12.0. The molecule has 7 nitrogen and oxygen atoms in total. The minimum atomic E-state index is -0.690. The van der Waals surface area contributed by atoms with Crippen LogP contribution in [-0.4, -0.2) is 17.0 Å². The number of aromatic nitrogens is 1. The fourth-order valence-electron chi connectivity index (χ4n) is 2.10. The third-order valence-corrected chi connectivity index (χ3v) is 3.54. The summed E-state index contributed by atoms with van der Waals surface area (Å²) < 4.78 is 22.0. The second-order valence-corrected chi connectivity index (χ2v) is 5.42. The average molecular weight is 342 g/mol. The summed E-state index contributed by atoms with van der Waals surface area (Å²) in [5, 5.41) is 0. The Bertz CT molecular complexity index is 837. The van der Waals surface area contributed by atoms with Gasteiger partial charge in [0, 0.05) is 0 Å². The molecule has 25 heavy (non-hydrogen) atoms. The number of hydrogen-bond donors (Lipinski definition) is 1. The van der Waals surface area contributed by atoms with E-state index < -0.39 is 12.0 Å². The largest absolute Gasteiger partial charge is 0.487 e. The number of oxazole rings is 1. The molecule has 1 atom stereocenters. The number of ether oxygens (including phenoxy) is 2. The van der Waals surface area contributed by atoms with Crippen molar-refractivity contribution in [3.63, 3.8) is 0 Å². The van der Waals surface area contributed by atoms with Crippen molar-refractivity contribution in [3.05, 3.63) is 54.1 Å². The van der Waals surface area contributed by atoms with E-state index in [1.165, 1.54) is 0 Å². The molecular formula is C18H18N2O5. The standard InChI is InChI=1S/C18H18N2O5/c1-11-15(20-18(25-11)16-4-3-9-22-16)10-23-13-5-7-14(8-6-13)24-12(2)17(19)21/h3-9,12H,10H2,1-2H3,(H2,19,21)/t12-/m0/s1. The molecule has 2 heterocycles. The van der Waals surface area contributed by atoms with Crippen LogP contribution >= 0.6 is 0 Å². The molecular weight excluding hydrogens is 324 g/mol. The molecule has 130 valence electrons. The van der Waals surface area contributed by atoms with E-state index in [0.717, 1.165) is 0 Å². The molecule has 0 aliphatic heterocycles. The quantitative estimate of drug-likeness (QED) is 0.708. The molecule has 0 radical (unpaired) electrons. The smallest absolute Gasteiger partial charge is 0.263 e. The van der Waals surface area contributed by atoms with E-state index in [1.807, 2.05) is 6.92 Å². The number of furan rings is 1. The van der Waals surface area contributed by atoms with E-state index in [4.69, 9.17) is 24.0 Å². The van der Waals surface area contributed by atoms with Crippen molar-refractivity contribution in [2.75, 3.05) is 0 Å². The van der Waals surface area contributed by atoms with Gasteiger partial charge in [-0.2, -0.15) is 0 Å². The van der Waals surface area contributed by atoms with Gasteiger partial charge in [-0.1, -0.05) is 0 Å². The zero-order valence-corrected chi connectivity index (χ0v) is 13.9. The monoisotopic (exact) mass is 342 g/mol. The molecule has 0 unspecified atom stereocenters. The summed E-state index contributed by atoms with van der Waals surface area (Å²) in [5.41, 5.74) is 5.85. The van der Waals surface area contributed by atoms with Crippen LogP contribution in [0.15, 0.2) is 51.5 Å². The Morgan fingerprint density at radius 1 is 1.24 bits per heavy atom. The van der Waals surface area contributed by atoms with Gasteiger partial charge < -0.3 is 24.0 Å². The Hall–Kier alpha value is -3.22. The Kier molecular flexibility index (Phi) is 4.74. The lowest BCUT2D eigenvalue weighted by Crippen LogP contribution is -2.30. The van der Waals surface area contributed by atoms with Gasteiger partial charge in [0.05, 0.1) is 6.26 Å². The topological polar surface area (TPSA) is 101 Å². The number of nitrogens with two attached hydrogens (primary N) is 1. The van der Waals surface area contributed by atoms with Crippen molar-refractivity contribution in [2.45, 2.75) is 26.6 Å². The van der Waals surface area contributed by atoms with Crippen LogP contribution < -0.4 is 15.2 Å². The molecule has 0 fully saturated rings. The maximum atomic E-state index is 11.0. The van der Waals surface area contributed by atoms with Crippen LogP contribution in [0.4, 0.5) is 0 Å². The number of benzene rings is 1. The Labute approximate surface area is 144 Å². The summed E-state index contributed by atoms with van der Waals surface area (Å²) >= 11 is 0. The number of amides is 1. The van der Waals surface area contributed by atoms with Crippen LogP contribution in [0.25, 0.3) is 11.7 Å². The molecule has 1 amide bonds. The van der Waals surface area contributed by atoms with E-state index in [2.05, 4.69) is 4.98 Å². The Morgan fingerprint density at radius 3 is 2.60 bits per heavy atom. The number of hydrogen-bond acceptors (Lipinski definition) is 6. The second kappa shape index (κ2) is 7.12. The third-order valence-electron chi connectivity index (χ3n) is 3.54. The van der Waals surface area contributed by atoms with Crippen LogP contribution in [0.1, 0.15) is 18.4 Å². The summed E-state index contributed by atoms with van der Waals surface area (Å²) in [7, 11) is 0. The van der Waals surface area contributed by atoms with Gasteiger partial charge >= 0.3 is 0 Å². The van der Waals surface area contributed by atoms with Crippen LogP contribution in [-0.2, 0) is 11.4 Å². The van der Waals surface area contributed by atoms with Crippen molar-refractivity contribution in [3.8, 4) is 23.1 Å². The molecule has 0 aliphatic carbocycles. The highest BCUT2D eigenvalue weighted by Crippen LogP contribution is 2.24. The molecule has 0 saturated heterocycles. The fraction of sp³-hybridized carbons (Fsp3) is 0.222. The summed E-state index contributed by atoms with van der Waals surface area (Å²) in [6.45, 7) is 3.67. The normalized spacial score (nSPS) is 11.9. The molecule has 0 spiro atoms. The van der Waals surface area contributed by atoms with Crippen LogP contribution in [0, 0.1) is 6.92 Å². The number of aryl methyl sites for hydroxylation is 1. The number of primary amides is 1. The minimum Gasteiger partial charge on any atom is -0.487 e. The maximum absolute atomic E-state index is 11.0. The number of carbonyl (C=O) groups is 1. The molecule has 0 bridgehead atoms. The predicted octanol–water partition coefficient (Wildman–Crippen LogP) is 3.07. The number of carbonyl (C=O) groups excluding carboxylic acids is 1. The molecule has 2 N–H and O–H groups in total. The van der Waals surface area contributed by atoms with E-state index in [1.54, 1.807) is 49.6 Å². The van der Waals surface area contributed by atoms with Gasteiger partial charge in [0.1, 0.15) is 29.6 Å². The van der Waals surface area contributed by atoms with Crippen LogP contribution in [0.2, 0.25) is 0 Å². The highest BCUT2D eigenvalue weighted by atomic mass is 16.5. The Morgan fingerprint density at radius 2 is 1.96 bits per heavy atom. The Balaban J connectivity index is 1.61. The van der Waals surface area contributed by atoms with E-state index in [9.17, 15) is 4.79 Å². The van der Waals surface area contributed by atoms with Crippen molar-refractivity contribution >= 4 is 5.91 Å². The van der Waals surface area contributed by atoms with E-state index >= 15 is 0 Å². The minimum absolute atomic E-state index is 0.258. The van der Waals surface area contributed by atoms with Crippen molar-refractivity contribution in [1.82, 2.24) is 4.98 Å². The van der Waals surface area contributed by atoms with Crippen molar-refractivity contribution in [1.29, 1.82) is 0 Å². The molecule has 1 aromatic carbocycles. The van der Waals surface area contributed by atoms with Gasteiger partial charge in [-0.3, -0.25) is 4.79 Å². The summed E-state index contributed by atoms with van der Waals surface area (Å²) in [5.74, 6) is 2.32. The third kappa shape index (κ3) is 4.00. The van der Waals surface area contributed by atoms with Gasteiger partial charge in [0.15, 0.2) is 11.9 Å². The van der Waals surface area contributed by atoms with Gasteiger partial charge in [-0.25, -0.2) is 4.98 Å². The van der Waals surface area contributed by atoms with E-state index in [-0.39, 0.29) is 6.61 Å². The zero-order chi connectivity index (χ0) is 17.8. The van der Waals surface area contributed by atoms with Gasteiger partial charge in [-0.05, 0) is 50.2 Å². The number of rotatable bonds is 7. The summed E-state index contributed by atoms with van der Waals surface area (Å²) in [6.07, 6.45) is 0.873. The lowest BCUT2D eigenvalue weighted by atomic mass is 10.3. The van der Waals surface area contributed by atoms with Crippen molar-refractivity contribution in [2.24, 2.45) is 5.73 Å². The average Bonchev–Trinajstić information content (AvgIpc) is 3.24. The molecule has 3 rings (SSSR count). The van der Waals surface area contributed by atoms with Gasteiger partial charge in [0.25, 0.3) is 11.8 Å². The summed E-state index contributed by atoms with van der Waals surface area (Å²) in [4.78, 5) is 15.4. The molecule has 0 aliphatic rings. The molecule has 0 saturated carbocycles. The fourth-order valence-corrected chi connectivity index (χ4v) is 2.10. The first kappa shape index (κ1) is 16.6. The lowest BCUT2D eigenvalue weighted by Gasteiger charge is -2.11. The first-order valence-corrected chi connectivity index (χ1v) is 7.72. The summed E-state index contributed by atoms with van der Waals surface area (Å²) in [6, 6.07) is 10.4. The van der Waals surface area contributed by atoms with Crippen molar-refractivity contribution < 1.29 is 23.1 Å². The molecule has 3 aromatic rings. The first-order valence-electron chi connectivity index (χ1n) is 7.72. The van der Waals surface area contributed by atoms with Crippen LogP contribution in [0.3, 0.4) is 0 Å². The van der Waals surface area contributed by atoms with Crippen LogP contribution in [0.5, 0.6) is 11.5 Å². The van der Waals surface area contributed by atoms with E-state index in [0.29, 0.717) is 34.6 Å².